The van der Waals surface area contributed by atoms with Crippen molar-refractivity contribution in [3.05, 3.63) is 64.1 Å². The number of amides is 2. The topological polar surface area (TPSA) is 61.4 Å². The van der Waals surface area contributed by atoms with Crippen LogP contribution >= 0.6 is 23.2 Å². The number of carbonyl (C=O) groups is 2. The Morgan fingerprint density at radius 2 is 1.80 bits per heavy atom. The van der Waals surface area contributed by atoms with Gasteiger partial charge < -0.3 is 10.6 Å². The summed E-state index contributed by atoms with van der Waals surface area (Å²) in [6.07, 6.45) is 0. The average Bonchev–Trinajstić information content (AvgIpc) is 2.55. The second-order valence-electron chi connectivity index (χ2n) is 5.78. The number of hydrogen-bond acceptors (Lipinski definition) is 3. The Morgan fingerprint density at radius 1 is 1.12 bits per heavy atom. The largest absolute Gasteiger partial charge is 0.354 e. The fraction of sp³-hybridized carbons (Fsp3) is 0.222. The summed E-state index contributed by atoms with van der Waals surface area (Å²) >= 11 is 12.0. The van der Waals surface area contributed by atoms with E-state index < -0.39 is 6.04 Å². The number of benzene rings is 2. The summed E-state index contributed by atoms with van der Waals surface area (Å²) in [4.78, 5) is 26.6. The highest BCUT2D eigenvalue weighted by Gasteiger charge is 2.31. The molecule has 0 unspecified atom stereocenters. The van der Waals surface area contributed by atoms with Crippen LogP contribution in [-0.4, -0.2) is 36.3 Å². The lowest BCUT2D eigenvalue weighted by Crippen LogP contribution is -2.51. The molecule has 2 aromatic rings. The van der Waals surface area contributed by atoms with Crippen LogP contribution in [0.4, 0.5) is 5.69 Å². The molecule has 0 aromatic heterocycles. The first-order valence-electron chi connectivity index (χ1n) is 7.85. The highest BCUT2D eigenvalue weighted by Crippen LogP contribution is 2.26. The first kappa shape index (κ1) is 17.7. The third-order valence-electron chi connectivity index (χ3n) is 3.93. The molecule has 1 fully saturated rings. The number of anilines is 1. The van der Waals surface area contributed by atoms with Crippen molar-refractivity contribution >= 4 is 40.7 Å². The van der Waals surface area contributed by atoms with Crippen molar-refractivity contribution in [1.82, 2.24) is 10.2 Å². The predicted octanol–water partition coefficient (Wildman–Crippen LogP) is 3.11. The molecule has 2 aromatic carbocycles. The van der Waals surface area contributed by atoms with Crippen molar-refractivity contribution in [1.29, 1.82) is 0 Å². The number of nitrogens with one attached hydrogen (secondary N) is 2. The maximum atomic E-state index is 13.0. The van der Waals surface area contributed by atoms with Crippen molar-refractivity contribution in [2.45, 2.75) is 6.04 Å². The maximum absolute atomic E-state index is 13.0. The zero-order valence-electron chi connectivity index (χ0n) is 13.3. The highest BCUT2D eigenvalue weighted by molar-refractivity contribution is 6.35. The van der Waals surface area contributed by atoms with Gasteiger partial charge in [0.05, 0.1) is 6.54 Å². The second-order valence-corrected chi connectivity index (χ2v) is 6.65. The lowest BCUT2D eigenvalue weighted by Gasteiger charge is -2.33. The highest BCUT2D eigenvalue weighted by atomic mass is 35.5. The fourth-order valence-electron chi connectivity index (χ4n) is 2.88. The van der Waals surface area contributed by atoms with Crippen LogP contribution in [0.3, 0.4) is 0 Å². The zero-order valence-corrected chi connectivity index (χ0v) is 14.8. The van der Waals surface area contributed by atoms with E-state index >= 15 is 0 Å². The number of nitrogens with zero attached hydrogens (tertiary/aromatic N) is 1. The van der Waals surface area contributed by atoms with E-state index in [1.165, 1.54) is 0 Å². The molecule has 130 valence electrons. The standard InChI is InChI=1S/C18H17Cl2N3O2/c19-13-8-14(20)10-15(9-13)22-18(25)17(12-4-2-1-3-5-12)23-7-6-21-16(24)11-23/h1-5,8-10,17H,6-7,11H2,(H,21,24)(H,22,25)/t17-/m0/s1. The Bertz CT molecular complexity index is 763. The zero-order chi connectivity index (χ0) is 17.8. The van der Waals surface area contributed by atoms with Crippen LogP contribution in [0.1, 0.15) is 11.6 Å². The monoisotopic (exact) mass is 377 g/mol. The summed E-state index contributed by atoms with van der Waals surface area (Å²) in [5.74, 6) is -0.329. The minimum atomic E-state index is -0.579. The number of hydrogen-bond donors (Lipinski definition) is 2. The van der Waals surface area contributed by atoms with Gasteiger partial charge in [-0.25, -0.2) is 0 Å². The van der Waals surface area contributed by atoms with Crippen LogP contribution in [-0.2, 0) is 9.59 Å². The Balaban J connectivity index is 1.88. The molecule has 25 heavy (non-hydrogen) atoms. The van der Waals surface area contributed by atoms with E-state index in [-0.39, 0.29) is 18.4 Å². The molecule has 1 aliphatic heterocycles. The van der Waals surface area contributed by atoms with Crippen LogP contribution in [0.25, 0.3) is 0 Å². The molecule has 1 aliphatic rings. The third kappa shape index (κ3) is 4.51. The Morgan fingerprint density at radius 3 is 2.44 bits per heavy atom. The summed E-state index contributed by atoms with van der Waals surface area (Å²) < 4.78 is 0. The molecular formula is C18H17Cl2N3O2. The van der Waals surface area contributed by atoms with E-state index in [1.807, 2.05) is 35.2 Å². The van der Waals surface area contributed by atoms with Crippen molar-refractivity contribution in [2.75, 3.05) is 25.0 Å². The Hall–Kier alpha value is -2.08. The lowest BCUT2D eigenvalue weighted by molar-refractivity contribution is -0.128. The van der Waals surface area contributed by atoms with Crippen molar-refractivity contribution in [2.24, 2.45) is 0 Å². The van der Waals surface area contributed by atoms with Gasteiger partial charge in [-0.3, -0.25) is 14.5 Å². The van der Waals surface area contributed by atoms with Gasteiger partial charge in [-0.1, -0.05) is 53.5 Å². The SMILES string of the molecule is O=C1CN([C@H](C(=O)Nc2cc(Cl)cc(Cl)c2)c2ccccc2)CCN1. The first-order valence-corrected chi connectivity index (χ1v) is 8.61. The van der Waals surface area contributed by atoms with Gasteiger partial charge in [0.25, 0.3) is 0 Å². The minimum absolute atomic E-state index is 0.0919. The van der Waals surface area contributed by atoms with Gasteiger partial charge in [0.1, 0.15) is 6.04 Å². The fourth-order valence-corrected chi connectivity index (χ4v) is 3.40. The molecule has 0 radical (unpaired) electrons. The van der Waals surface area contributed by atoms with Crippen LogP contribution < -0.4 is 10.6 Å². The Kier molecular flexibility index (Phi) is 5.58. The minimum Gasteiger partial charge on any atom is -0.354 e. The summed E-state index contributed by atoms with van der Waals surface area (Å²) in [6.45, 7) is 1.27. The molecule has 1 saturated heterocycles. The molecule has 0 spiro atoms. The molecule has 1 atom stereocenters. The van der Waals surface area contributed by atoms with Gasteiger partial charge in [0.2, 0.25) is 11.8 Å². The van der Waals surface area contributed by atoms with Gasteiger partial charge in [-0.2, -0.15) is 0 Å². The molecule has 0 bridgehead atoms. The van der Waals surface area contributed by atoms with Crippen molar-refractivity contribution < 1.29 is 9.59 Å². The molecule has 0 saturated carbocycles. The van der Waals surface area contributed by atoms with Gasteiger partial charge in [0.15, 0.2) is 0 Å². The van der Waals surface area contributed by atoms with Crippen molar-refractivity contribution in [3.8, 4) is 0 Å². The van der Waals surface area contributed by atoms with E-state index in [1.54, 1.807) is 18.2 Å². The molecule has 2 amide bonds. The van der Waals surface area contributed by atoms with E-state index in [4.69, 9.17) is 23.2 Å². The summed E-state index contributed by atoms with van der Waals surface area (Å²) in [5.41, 5.74) is 1.34. The van der Waals surface area contributed by atoms with Crippen molar-refractivity contribution in [3.63, 3.8) is 0 Å². The second kappa shape index (κ2) is 7.87. The van der Waals surface area contributed by atoms with Crippen LogP contribution in [0, 0.1) is 0 Å². The normalized spacial score (nSPS) is 16.2. The number of piperazine rings is 1. The molecule has 0 aliphatic carbocycles. The summed E-state index contributed by atoms with van der Waals surface area (Å²) in [5, 5.41) is 6.51. The van der Waals surface area contributed by atoms with E-state index in [9.17, 15) is 9.59 Å². The molecule has 7 heteroatoms. The number of carbonyl (C=O) groups excluding carboxylic acids is 2. The number of rotatable bonds is 4. The molecule has 1 heterocycles. The van der Waals surface area contributed by atoms with E-state index in [0.717, 1.165) is 5.56 Å². The molecule has 2 N–H and O–H groups in total. The number of halogens is 2. The third-order valence-corrected chi connectivity index (χ3v) is 4.36. The Labute approximate surface area is 155 Å². The lowest BCUT2D eigenvalue weighted by atomic mass is 10.0. The summed E-state index contributed by atoms with van der Waals surface area (Å²) in [6, 6.07) is 13.7. The molecular weight excluding hydrogens is 361 g/mol. The van der Waals surface area contributed by atoms with E-state index in [0.29, 0.717) is 28.8 Å². The maximum Gasteiger partial charge on any atom is 0.246 e. The smallest absolute Gasteiger partial charge is 0.246 e. The quantitative estimate of drug-likeness (QED) is 0.860. The van der Waals surface area contributed by atoms with Gasteiger partial charge in [-0.15, -0.1) is 0 Å². The predicted molar refractivity (Wildman–Crippen MR) is 98.9 cm³/mol. The van der Waals surface area contributed by atoms with Gasteiger partial charge in [0, 0.05) is 28.8 Å². The van der Waals surface area contributed by atoms with Crippen LogP contribution in [0.15, 0.2) is 48.5 Å². The van der Waals surface area contributed by atoms with Crippen LogP contribution in [0.2, 0.25) is 10.0 Å². The molecule has 5 nitrogen and oxygen atoms in total. The average molecular weight is 378 g/mol. The molecule has 3 rings (SSSR count). The first-order chi connectivity index (χ1) is 12.0. The van der Waals surface area contributed by atoms with Crippen LogP contribution in [0.5, 0.6) is 0 Å². The van der Waals surface area contributed by atoms with Gasteiger partial charge >= 0.3 is 0 Å². The van der Waals surface area contributed by atoms with E-state index in [2.05, 4.69) is 10.6 Å². The van der Waals surface area contributed by atoms with Gasteiger partial charge in [-0.05, 0) is 23.8 Å². The summed E-state index contributed by atoms with van der Waals surface area (Å²) in [7, 11) is 0.